The summed E-state index contributed by atoms with van der Waals surface area (Å²) in [6.07, 6.45) is 9.76. The van der Waals surface area contributed by atoms with Crippen LogP contribution in [0.2, 0.25) is 0 Å². The molecule has 0 amide bonds. The number of halogens is 3. The SMILES string of the molecule is C[C@H]1Nc2ncnc3c2cc(C2(C#N)CCCC2)c(=O)n3CCCCCCCN2CCC(CC2)C(F)(F)c2cccc1c2F. The average Bonchev–Trinajstić information content (AvgIpc) is 3.51. The molecule has 0 radical (unpaired) electrons. The number of alkyl halides is 2. The summed E-state index contributed by atoms with van der Waals surface area (Å²) >= 11 is 0. The third kappa shape index (κ3) is 5.60. The van der Waals surface area contributed by atoms with Gasteiger partial charge in [0, 0.05) is 23.6 Å². The Morgan fingerprint density at radius 3 is 2.39 bits per heavy atom. The van der Waals surface area contributed by atoms with Gasteiger partial charge < -0.3 is 10.2 Å². The highest BCUT2D eigenvalue weighted by Gasteiger charge is 2.45. The molecule has 0 unspecified atom stereocenters. The van der Waals surface area contributed by atoms with Crippen molar-refractivity contribution in [3.63, 3.8) is 0 Å². The number of anilines is 1. The van der Waals surface area contributed by atoms with Gasteiger partial charge >= 0.3 is 0 Å². The van der Waals surface area contributed by atoms with Gasteiger partial charge in [0.1, 0.15) is 23.6 Å². The lowest BCUT2D eigenvalue weighted by atomic mass is 9.80. The van der Waals surface area contributed by atoms with Crippen molar-refractivity contribution in [3.05, 3.63) is 63.5 Å². The van der Waals surface area contributed by atoms with E-state index in [1.807, 2.05) is 0 Å². The summed E-state index contributed by atoms with van der Waals surface area (Å²) < 4.78 is 49.4. The number of aromatic nitrogens is 3. The van der Waals surface area contributed by atoms with Crippen molar-refractivity contribution in [2.75, 3.05) is 25.0 Å². The molecular weight excluding hydrogens is 565 g/mol. The topological polar surface area (TPSA) is 86.8 Å². The largest absolute Gasteiger partial charge is 0.363 e. The molecule has 5 heterocycles. The van der Waals surface area contributed by atoms with Gasteiger partial charge in [0.05, 0.1) is 28.5 Å². The number of nitrogens with one attached hydrogen (secondary N) is 1. The predicted octanol–water partition coefficient (Wildman–Crippen LogP) is 7.21. The van der Waals surface area contributed by atoms with Gasteiger partial charge in [0.2, 0.25) is 0 Å². The number of hydrogen-bond acceptors (Lipinski definition) is 6. The third-order valence-electron chi connectivity index (χ3n) is 10.2. The summed E-state index contributed by atoms with van der Waals surface area (Å²) in [6.45, 7) is 4.23. The normalized spacial score (nSPS) is 25.7. The van der Waals surface area contributed by atoms with E-state index < -0.39 is 34.7 Å². The van der Waals surface area contributed by atoms with Crippen molar-refractivity contribution in [3.8, 4) is 6.07 Å². The van der Waals surface area contributed by atoms with Crippen LogP contribution in [0.15, 0.2) is 35.4 Å². The molecule has 8 bridgehead atoms. The lowest BCUT2D eigenvalue weighted by molar-refractivity contribution is -0.0880. The Balaban J connectivity index is 1.44. The first-order valence-electron chi connectivity index (χ1n) is 16.2. The van der Waals surface area contributed by atoms with Crippen LogP contribution < -0.4 is 10.9 Å². The van der Waals surface area contributed by atoms with Crippen LogP contribution in [-0.4, -0.2) is 39.1 Å². The highest BCUT2D eigenvalue weighted by atomic mass is 19.3. The molecule has 7 nitrogen and oxygen atoms in total. The number of aryl methyl sites for hydroxylation is 1. The number of rotatable bonds is 1. The van der Waals surface area contributed by atoms with Gasteiger partial charge in [-0.05, 0) is 71.1 Å². The first-order chi connectivity index (χ1) is 21.2. The zero-order valence-corrected chi connectivity index (χ0v) is 25.4. The molecule has 3 aliphatic heterocycles. The van der Waals surface area contributed by atoms with Gasteiger partial charge in [-0.2, -0.15) is 5.26 Å². The zero-order valence-electron chi connectivity index (χ0n) is 25.4. The van der Waals surface area contributed by atoms with Gasteiger partial charge in [-0.1, -0.05) is 50.3 Å². The summed E-state index contributed by atoms with van der Waals surface area (Å²) in [4.78, 5) is 25.2. The van der Waals surface area contributed by atoms with Crippen molar-refractivity contribution < 1.29 is 13.2 Å². The van der Waals surface area contributed by atoms with Crippen LogP contribution in [0.25, 0.3) is 11.0 Å². The van der Waals surface area contributed by atoms with E-state index >= 15 is 13.2 Å². The van der Waals surface area contributed by atoms with Crippen LogP contribution in [0, 0.1) is 23.1 Å². The number of piperidine rings is 1. The monoisotopic (exact) mass is 606 g/mol. The number of pyridine rings is 1. The molecule has 4 aliphatic rings. The van der Waals surface area contributed by atoms with Crippen LogP contribution in [0.1, 0.15) is 100 Å². The minimum absolute atomic E-state index is 0.120. The van der Waals surface area contributed by atoms with Crippen LogP contribution >= 0.6 is 0 Å². The van der Waals surface area contributed by atoms with E-state index in [4.69, 9.17) is 0 Å². The second-order valence-electron chi connectivity index (χ2n) is 13.0. The number of hydrogen-bond donors (Lipinski definition) is 1. The number of nitriles is 1. The fourth-order valence-electron chi connectivity index (χ4n) is 7.57. The number of benzene rings is 1. The van der Waals surface area contributed by atoms with Crippen LogP contribution in [0.3, 0.4) is 0 Å². The standard InChI is InChI=1S/C34H41F3N6O/c1-23-25-10-9-11-27(29(25)35)34(36,37)24-12-18-42(19-13-24)16-7-3-2-4-8-17-43-31-26(30(41-23)39-22-40-31)20-28(32(43)44)33(21-38)14-5-6-15-33/h9-11,20,22-24H,2-8,12-19H2,1H3,(H,39,40,41)/t23-/m1/s1. The van der Waals surface area contributed by atoms with Crippen LogP contribution in [0.4, 0.5) is 19.0 Å². The molecular formula is C34H41F3N6O. The Morgan fingerprint density at radius 1 is 0.955 bits per heavy atom. The quantitative estimate of drug-likeness (QED) is 0.315. The van der Waals surface area contributed by atoms with Gasteiger partial charge in [-0.3, -0.25) is 9.36 Å². The molecule has 1 saturated heterocycles. The molecule has 1 saturated carbocycles. The van der Waals surface area contributed by atoms with Crippen molar-refractivity contribution in [1.29, 1.82) is 5.26 Å². The first kappa shape index (κ1) is 30.6. The lowest BCUT2D eigenvalue weighted by Crippen LogP contribution is -2.40. The fourth-order valence-corrected chi connectivity index (χ4v) is 7.57. The summed E-state index contributed by atoms with van der Waals surface area (Å²) in [7, 11) is 0. The predicted molar refractivity (Wildman–Crippen MR) is 164 cm³/mol. The minimum atomic E-state index is -3.29. The second kappa shape index (κ2) is 12.5. The molecule has 10 heteroatoms. The highest BCUT2D eigenvalue weighted by molar-refractivity contribution is 5.87. The average molecular weight is 607 g/mol. The Labute approximate surface area is 256 Å². The molecule has 1 atom stereocenters. The summed E-state index contributed by atoms with van der Waals surface area (Å²) in [5.41, 5.74) is -0.610. The molecule has 2 aromatic heterocycles. The molecule has 44 heavy (non-hydrogen) atoms. The maximum atomic E-state index is 16.0. The van der Waals surface area contributed by atoms with Gasteiger partial charge in [0.25, 0.3) is 11.5 Å². The third-order valence-corrected chi connectivity index (χ3v) is 10.2. The maximum Gasteiger partial charge on any atom is 0.278 e. The summed E-state index contributed by atoms with van der Waals surface area (Å²) in [6, 6.07) is 7.72. The van der Waals surface area contributed by atoms with E-state index in [1.54, 1.807) is 17.6 Å². The van der Waals surface area contributed by atoms with Crippen molar-refractivity contribution in [1.82, 2.24) is 19.4 Å². The first-order valence-corrected chi connectivity index (χ1v) is 16.2. The zero-order chi connectivity index (χ0) is 30.9. The Bertz CT molecular complexity index is 1600. The molecule has 1 aromatic carbocycles. The van der Waals surface area contributed by atoms with Crippen molar-refractivity contribution >= 4 is 16.9 Å². The van der Waals surface area contributed by atoms with E-state index in [0.717, 1.165) is 51.5 Å². The van der Waals surface area contributed by atoms with Crippen LogP contribution in [0.5, 0.6) is 0 Å². The van der Waals surface area contributed by atoms with E-state index in [9.17, 15) is 10.1 Å². The maximum absolute atomic E-state index is 16.0. The van der Waals surface area contributed by atoms with Gasteiger partial charge in [0.15, 0.2) is 0 Å². The fraction of sp³-hybridized carbons (Fsp3) is 0.588. The Kier molecular flexibility index (Phi) is 8.69. The molecule has 0 spiro atoms. The summed E-state index contributed by atoms with van der Waals surface area (Å²) in [5, 5.41) is 14.1. The second-order valence-corrected chi connectivity index (χ2v) is 13.0. The van der Waals surface area contributed by atoms with E-state index in [0.29, 0.717) is 67.7 Å². The highest BCUT2D eigenvalue weighted by Crippen LogP contribution is 2.44. The Morgan fingerprint density at radius 2 is 1.66 bits per heavy atom. The molecule has 7 rings (SSSR count). The number of fused-ring (bicyclic) bond motifs is 9. The van der Waals surface area contributed by atoms with E-state index in [1.165, 1.54) is 24.5 Å². The van der Waals surface area contributed by atoms with Crippen molar-refractivity contribution in [2.24, 2.45) is 5.92 Å². The molecule has 1 N–H and O–H groups in total. The van der Waals surface area contributed by atoms with Gasteiger partial charge in [-0.25, -0.2) is 23.1 Å². The van der Waals surface area contributed by atoms with E-state index in [-0.39, 0.29) is 11.1 Å². The minimum Gasteiger partial charge on any atom is -0.363 e. The summed E-state index contributed by atoms with van der Waals surface area (Å²) in [5.74, 6) is -4.73. The molecule has 234 valence electrons. The molecule has 3 aromatic rings. The smallest absolute Gasteiger partial charge is 0.278 e. The molecule has 2 fully saturated rings. The number of nitrogens with zero attached hydrogens (tertiary/aromatic N) is 5. The van der Waals surface area contributed by atoms with Gasteiger partial charge in [-0.15, -0.1) is 0 Å². The Hall–Kier alpha value is -3.45. The van der Waals surface area contributed by atoms with Crippen molar-refractivity contribution in [2.45, 2.75) is 101 Å². The molecule has 1 aliphatic carbocycles. The van der Waals surface area contributed by atoms with E-state index in [2.05, 4.69) is 26.3 Å². The lowest BCUT2D eigenvalue weighted by Gasteiger charge is -2.36. The van der Waals surface area contributed by atoms with Crippen LogP contribution in [-0.2, 0) is 17.9 Å².